The van der Waals surface area contributed by atoms with Crippen molar-refractivity contribution in [1.82, 2.24) is 10.3 Å². The third kappa shape index (κ3) is 3.84. The molecule has 1 amide bonds. The number of para-hydroxylation sites is 1. The zero-order valence-corrected chi connectivity index (χ0v) is 12.1. The van der Waals surface area contributed by atoms with Gasteiger partial charge >= 0.3 is 5.97 Å². The summed E-state index contributed by atoms with van der Waals surface area (Å²) in [6.07, 6.45) is 4.60. The molecule has 0 saturated carbocycles. The Morgan fingerprint density at radius 1 is 1.43 bits per heavy atom. The van der Waals surface area contributed by atoms with E-state index in [-0.39, 0.29) is 5.97 Å². The van der Waals surface area contributed by atoms with Gasteiger partial charge in [-0.3, -0.25) is 4.79 Å². The highest BCUT2D eigenvalue weighted by Crippen LogP contribution is 2.19. The van der Waals surface area contributed by atoms with Gasteiger partial charge in [0.25, 0.3) is 0 Å². The van der Waals surface area contributed by atoms with Gasteiger partial charge in [-0.15, -0.1) is 0 Å². The van der Waals surface area contributed by atoms with E-state index >= 15 is 0 Å². The SMILES string of the molecule is CCCCOC(=O)[C@H](Cc1c[nH]c2ccccc12)NC=O. The number of nitrogens with one attached hydrogen (secondary N) is 2. The number of rotatable bonds is 8. The molecule has 5 heteroatoms. The van der Waals surface area contributed by atoms with Gasteiger partial charge in [0, 0.05) is 23.5 Å². The van der Waals surface area contributed by atoms with Gasteiger partial charge in [0.15, 0.2) is 0 Å². The van der Waals surface area contributed by atoms with Crippen LogP contribution in [0, 0.1) is 0 Å². The molecule has 0 saturated heterocycles. The number of hydrogen-bond acceptors (Lipinski definition) is 3. The Morgan fingerprint density at radius 3 is 3.00 bits per heavy atom. The van der Waals surface area contributed by atoms with Crippen molar-refractivity contribution in [2.45, 2.75) is 32.2 Å². The minimum Gasteiger partial charge on any atom is -0.464 e. The summed E-state index contributed by atoms with van der Waals surface area (Å²) in [7, 11) is 0. The van der Waals surface area contributed by atoms with E-state index in [9.17, 15) is 9.59 Å². The second kappa shape index (κ2) is 7.47. The molecule has 0 bridgehead atoms. The molecular formula is C16H20N2O3. The summed E-state index contributed by atoms with van der Waals surface area (Å²) < 4.78 is 5.19. The molecule has 1 atom stereocenters. The molecule has 2 aromatic rings. The maximum Gasteiger partial charge on any atom is 0.328 e. The van der Waals surface area contributed by atoms with Crippen LogP contribution in [0.4, 0.5) is 0 Å². The van der Waals surface area contributed by atoms with Crippen molar-refractivity contribution in [1.29, 1.82) is 0 Å². The molecule has 1 aromatic carbocycles. The first kappa shape index (κ1) is 15.1. The van der Waals surface area contributed by atoms with E-state index in [1.165, 1.54) is 0 Å². The summed E-state index contributed by atoms with van der Waals surface area (Å²) in [5, 5.41) is 3.60. The molecule has 0 aliphatic carbocycles. The predicted octanol–water partition coefficient (Wildman–Crippen LogP) is 2.17. The largest absolute Gasteiger partial charge is 0.464 e. The Labute approximate surface area is 123 Å². The molecule has 0 unspecified atom stereocenters. The van der Waals surface area contributed by atoms with Crippen molar-refractivity contribution in [2.24, 2.45) is 0 Å². The summed E-state index contributed by atoms with van der Waals surface area (Å²) in [6, 6.07) is 7.20. The summed E-state index contributed by atoms with van der Waals surface area (Å²) in [6.45, 7) is 2.42. The van der Waals surface area contributed by atoms with Crippen LogP contribution in [0.25, 0.3) is 10.9 Å². The van der Waals surface area contributed by atoms with Crippen molar-refractivity contribution < 1.29 is 14.3 Å². The van der Waals surface area contributed by atoms with E-state index in [1.807, 2.05) is 37.4 Å². The highest BCUT2D eigenvalue weighted by molar-refractivity contribution is 5.85. The molecule has 21 heavy (non-hydrogen) atoms. The number of esters is 1. The number of fused-ring (bicyclic) bond motifs is 1. The molecule has 2 rings (SSSR count). The lowest BCUT2D eigenvalue weighted by atomic mass is 10.1. The minimum absolute atomic E-state index is 0.388. The topological polar surface area (TPSA) is 71.2 Å². The third-order valence-corrected chi connectivity index (χ3v) is 3.39. The van der Waals surface area contributed by atoms with Crippen molar-refractivity contribution >= 4 is 23.3 Å². The van der Waals surface area contributed by atoms with E-state index in [2.05, 4.69) is 10.3 Å². The molecular weight excluding hydrogens is 268 g/mol. The first-order chi connectivity index (χ1) is 10.3. The average Bonchev–Trinajstić information content (AvgIpc) is 2.90. The van der Waals surface area contributed by atoms with Gasteiger partial charge in [0.2, 0.25) is 6.41 Å². The minimum atomic E-state index is -0.654. The highest BCUT2D eigenvalue weighted by atomic mass is 16.5. The fourth-order valence-electron chi connectivity index (χ4n) is 2.23. The first-order valence-corrected chi connectivity index (χ1v) is 7.17. The van der Waals surface area contributed by atoms with Crippen molar-refractivity contribution in [2.75, 3.05) is 6.61 Å². The molecule has 1 aromatic heterocycles. The van der Waals surface area contributed by atoms with Crippen LogP contribution in [0.1, 0.15) is 25.3 Å². The number of carbonyl (C=O) groups is 2. The van der Waals surface area contributed by atoms with E-state index < -0.39 is 6.04 Å². The zero-order chi connectivity index (χ0) is 15.1. The van der Waals surface area contributed by atoms with Gasteiger partial charge in [0.05, 0.1) is 6.61 Å². The lowest BCUT2D eigenvalue weighted by molar-refractivity contribution is -0.147. The third-order valence-electron chi connectivity index (χ3n) is 3.39. The fourth-order valence-corrected chi connectivity index (χ4v) is 2.23. The molecule has 0 spiro atoms. The Kier molecular flexibility index (Phi) is 5.37. The molecule has 112 valence electrons. The Hall–Kier alpha value is -2.30. The predicted molar refractivity (Wildman–Crippen MR) is 80.9 cm³/mol. The van der Waals surface area contributed by atoms with Crippen LogP contribution >= 0.6 is 0 Å². The number of ether oxygens (including phenoxy) is 1. The number of aromatic amines is 1. The maximum atomic E-state index is 12.0. The summed E-state index contributed by atoms with van der Waals surface area (Å²) in [5.74, 6) is -0.388. The van der Waals surface area contributed by atoms with E-state index in [0.717, 1.165) is 29.3 Å². The van der Waals surface area contributed by atoms with Crippen molar-refractivity contribution in [3.63, 3.8) is 0 Å². The first-order valence-electron chi connectivity index (χ1n) is 7.17. The van der Waals surface area contributed by atoms with Gasteiger partial charge < -0.3 is 15.0 Å². The summed E-state index contributed by atoms with van der Waals surface area (Å²) in [5.41, 5.74) is 1.99. The molecule has 0 aliphatic rings. The van der Waals surface area contributed by atoms with Crippen LogP contribution in [0.2, 0.25) is 0 Å². The summed E-state index contributed by atoms with van der Waals surface area (Å²) in [4.78, 5) is 25.9. The number of H-pyrrole nitrogens is 1. The molecule has 2 N–H and O–H groups in total. The van der Waals surface area contributed by atoms with E-state index in [0.29, 0.717) is 19.4 Å². The van der Waals surface area contributed by atoms with Crippen molar-refractivity contribution in [3.05, 3.63) is 36.0 Å². The molecule has 0 radical (unpaired) electrons. The number of carbonyl (C=O) groups excluding carboxylic acids is 2. The fraction of sp³-hybridized carbons (Fsp3) is 0.375. The van der Waals surface area contributed by atoms with Gasteiger partial charge in [-0.1, -0.05) is 31.5 Å². The number of unbranched alkanes of at least 4 members (excludes halogenated alkanes) is 1. The van der Waals surface area contributed by atoms with E-state index in [1.54, 1.807) is 0 Å². The average molecular weight is 288 g/mol. The Bertz CT molecular complexity index is 606. The standard InChI is InChI=1S/C16H20N2O3/c1-2-3-8-21-16(20)15(18-11-19)9-12-10-17-14-7-5-4-6-13(12)14/h4-7,10-11,15,17H,2-3,8-9H2,1H3,(H,18,19)/t15-/m0/s1. The van der Waals surface area contributed by atoms with Crippen LogP contribution in [0.15, 0.2) is 30.5 Å². The summed E-state index contributed by atoms with van der Waals surface area (Å²) >= 11 is 0. The van der Waals surface area contributed by atoms with Crippen LogP contribution in [0.5, 0.6) is 0 Å². The van der Waals surface area contributed by atoms with Crippen LogP contribution in [-0.4, -0.2) is 30.0 Å². The normalized spacial score (nSPS) is 12.0. The molecule has 0 fully saturated rings. The lowest BCUT2D eigenvalue weighted by Gasteiger charge is -2.14. The van der Waals surface area contributed by atoms with Crippen LogP contribution < -0.4 is 5.32 Å². The maximum absolute atomic E-state index is 12.0. The smallest absolute Gasteiger partial charge is 0.328 e. The van der Waals surface area contributed by atoms with Gasteiger partial charge in [-0.2, -0.15) is 0 Å². The van der Waals surface area contributed by atoms with Crippen LogP contribution in [-0.2, 0) is 20.7 Å². The quantitative estimate of drug-likeness (QED) is 0.444. The second-order valence-corrected chi connectivity index (χ2v) is 4.92. The number of aromatic nitrogens is 1. The van der Waals surface area contributed by atoms with Crippen molar-refractivity contribution in [3.8, 4) is 0 Å². The van der Waals surface area contributed by atoms with Gasteiger partial charge in [0.1, 0.15) is 6.04 Å². The molecule has 5 nitrogen and oxygen atoms in total. The molecule has 0 aliphatic heterocycles. The number of hydrogen-bond donors (Lipinski definition) is 2. The molecule has 1 heterocycles. The Balaban J connectivity index is 2.08. The second-order valence-electron chi connectivity index (χ2n) is 4.92. The zero-order valence-electron chi connectivity index (χ0n) is 12.1. The number of benzene rings is 1. The van der Waals surface area contributed by atoms with Crippen LogP contribution in [0.3, 0.4) is 0 Å². The Morgan fingerprint density at radius 2 is 2.24 bits per heavy atom. The lowest BCUT2D eigenvalue weighted by Crippen LogP contribution is -2.39. The monoisotopic (exact) mass is 288 g/mol. The number of amides is 1. The van der Waals surface area contributed by atoms with Gasteiger partial charge in [-0.05, 0) is 18.1 Å². The highest BCUT2D eigenvalue weighted by Gasteiger charge is 2.21. The van der Waals surface area contributed by atoms with E-state index in [4.69, 9.17) is 4.74 Å². The van der Waals surface area contributed by atoms with Gasteiger partial charge in [-0.25, -0.2) is 4.79 Å².